The van der Waals surface area contributed by atoms with Gasteiger partial charge in [0, 0.05) is 0 Å². The van der Waals surface area contributed by atoms with Crippen LogP contribution in [-0.2, 0) is 0 Å². The molecule has 4 aliphatic rings. The summed E-state index contributed by atoms with van der Waals surface area (Å²) in [7, 11) is 0. The second kappa shape index (κ2) is 15.8. The van der Waals surface area contributed by atoms with Gasteiger partial charge in [-0.3, -0.25) is 0 Å². The van der Waals surface area contributed by atoms with Gasteiger partial charge in [-0.1, -0.05) is 47.5 Å². The normalized spacial score (nSPS) is 23.8. The van der Waals surface area contributed by atoms with Crippen LogP contribution in [0.15, 0.2) is 85.7 Å². The maximum Gasteiger partial charge on any atom is 0.141 e. The van der Waals surface area contributed by atoms with Crippen molar-refractivity contribution in [2.24, 2.45) is 11.8 Å². The van der Waals surface area contributed by atoms with Crippen molar-refractivity contribution in [2.45, 2.75) is 113 Å². The quantitative estimate of drug-likeness (QED) is 0.161. The van der Waals surface area contributed by atoms with Crippen LogP contribution in [0.4, 0.5) is 8.78 Å². The molecule has 4 saturated carbocycles. The minimum Gasteiger partial charge on any atom is -0.387 e. The standard InChI is InChI=1S/2C23H24ClFN2O/c2*24-20-11-17(7-10-21(20)25)14-1-5-16(6-2-14)23(28)22-19(15-3-4-15)9-8-18-12-26-13-27(18)22/h2*7-16,23,28H,1-6H2/t2*14?,16?,23-/m10/s1. The fraction of sp³-hybridized carbons (Fsp3) is 0.435. The maximum atomic E-state index is 13.5. The van der Waals surface area contributed by atoms with E-state index in [0.29, 0.717) is 23.7 Å². The summed E-state index contributed by atoms with van der Waals surface area (Å²) in [6.45, 7) is 0. The minimum atomic E-state index is -0.480. The molecular formula is C46H48Cl2F2N4O2. The number of hydrogen-bond acceptors (Lipinski definition) is 4. The van der Waals surface area contributed by atoms with Crippen molar-refractivity contribution >= 4 is 34.2 Å². The van der Waals surface area contributed by atoms with Crippen LogP contribution in [0.25, 0.3) is 11.0 Å². The number of rotatable bonds is 8. The van der Waals surface area contributed by atoms with Gasteiger partial charge in [0.15, 0.2) is 0 Å². The van der Waals surface area contributed by atoms with Gasteiger partial charge in [-0.25, -0.2) is 18.7 Å². The van der Waals surface area contributed by atoms with Crippen molar-refractivity contribution in [3.63, 3.8) is 0 Å². The Labute approximate surface area is 336 Å². The molecule has 0 saturated heterocycles. The van der Waals surface area contributed by atoms with E-state index in [4.69, 9.17) is 23.2 Å². The van der Waals surface area contributed by atoms with Crippen LogP contribution in [0.1, 0.15) is 147 Å². The molecule has 0 unspecified atom stereocenters. The molecule has 0 amide bonds. The molecule has 6 nitrogen and oxygen atoms in total. The molecule has 4 aromatic heterocycles. The molecule has 0 radical (unpaired) electrons. The zero-order valence-corrected chi connectivity index (χ0v) is 32.9. The van der Waals surface area contributed by atoms with Gasteiger partial charge < -0.3 is 19.0 Å². The summed E-state index contributed by atoms with van der Waals surface area (Å²) < 4.78 is 31.1. The van der Waals surface area contributed by atoms with Gasteiger partial charge in [-0.05, 0) is 171 Å². The zero-order valence-electron chi connectivity index (χ0n) is 31.4. The molecule has 0 aliphatic heterocycles. The van der Waals surface area contributed by atoms with Crippen molar-refractivity contribution in [3.05, 3.63) is 141 Å². The highest BCUT2D eigenvalue weighted by Gasteiger charge is 2.36. The SMILES string of the molecule is O[C@@H](c1c(C2CC2)ccc2cncn12)C1CCC(c2ccc(F)c(Cl)c2)CC1.O[C@H](c1c(C2CC2)ccc2cncn12)C1CCC(c2ccc(F)c(Cl)c2)CC1. The summed E-state index contributed by atoms with van der Waals surface area (Å²) in [4.78, 5) is 8.57. The first-order valence-electron chi connectivity index (χ1n) is 20.4. The number of aromatic nitrogens is 4. The van der Waals surface area contributed by atoms with Crippen LogP contribution >= 0.6 is 23.2 Å². The number of aliphatic hydroxyl groups is 2. The summed E-state index contributed by atoms with van der Waals surface area (Å²) in [5.41, 5.74) is 8.91. The van der Waals surface area contributed by atoms with E-state index >= 15 is 0 Å². The fourth-order valence-electron chi connectivity index (χ4n) is 9.68. The fourth-order valence-corrected chi connectivity index (χ4v) is 10.1. The highest BCUT2D eigenvalue weighted by atomic mass is 35.5. The number of pyridine rings is 2. The van der Waals surface area contributed by atoms with Crippen LogP contribution in [0.2, 0.25) is 10.0 Å². The predicted molar refractivity (Wildman–Crippen MR) is 216 cm³/mol. The number of fused-ring (bicyclic) bond motifs is 2. The molecule has 4 aliphatic carbocycles. The molecule has 292 valence electrons. The van der Waals surface area contributed by atoms with Gasteiger partial charge in [0.1, 0.15) is 11.6 Å². The highest BCUT2D eigenvalue weighted by molar-refractivity contribution is 6.31. The first kappa shape index (κ1) is 37.7. The van der Waals surface area contributed by atoms with E-state index in [-0.39, 0.29) is 33.5 Å². The van der Waals surface area contributed by atoms with Crippen molar-refractivity contribution < 1.29 is 19.0 Å². The molecule has 10 heteroatoms. The smallest absolute Gasteiger partial charge is 0.141 e. The molecule has 2 N–H and O–H groups in total. The molecule has 0 spiro atoms. The molecule has 56 heavy (non-hydrogen) atoms. The molecule has 4 heterocycles. The third kappa shape index (κ3) is 7.62. The van der Waals surface area contributed by atoms with E-state index in [1.165, 1.54) is 48.9 Å². The van der Waals surface area contributed by atoms with E-state index in [1.54, 1.807) is 12.1 Å². The Hall–Kier alpha value is -3.82. The van der Waals surface area contributed by atoms with Gasteiger partial charge in [-0.2, -0.15) is 0 Å². The average Bonchev–Trinajstić information content (AvgIpc) is 4.16. The Morgan fingerprint density at radius 1 is 0.518 bits per heavy atom. The molecule has 10 rings (SSSR count). The van der Waals surface area contributed by atoms with Crippen LogP contribution in [0, 0.1) is 23.5 Å². The van der Waals surface area contributed by atoms with Crippen LogP contribution in [0.3, 0.4) is 0 Å². The van der Waals surface area contributed by atoms with Gasteiger partial charge in [0.05, 0.1) is 69.7 Å². The van der Waals surface area contributed by atoms with Gasteiger partial charge in [0.2, 0.25) is 0 Å². The third-order valence-electron chi connectivity index (χ3n) is 13.2. The highest BCUT2D eigenvalue weighted by Crippen LogP contribution is 2.49. The monoisotopic (exact) mass is 796 g/mol. The lowest BCUT2D eigenvalue weighted by atomic mass is 9.75. The van der Waals surface area contributed by atoms with Crippen molar-refractivity contribution in [2.75, 3.05) is 0 Å². The third-order valence-corrected chi connectivity index (χ3v) is 13.8. The summed E-state index contributed by atoms with van der Waals surface area (Å²) in [5.74, 6) is 1.66. The second-order valence-corrected chi connectivity index (χ2v) is 17.5. The lowest BCUT2D eigenvalue weighted by Crippen LogP contribution is -2.22. The largest absolute Gasteiger partial charge is 0.387 e. The topological polar surface area (TPSA) is 75.1 Å². The zero-order chi connectivity index (χ0) is 38.5. The molecule has 6 aromatic rings. The summed E-state index contributed by atoms with van der Waals surface area (Å²) in [6.07, 6.45) is 19.0. The van der Waals surface area contributed by atoms with Gasteiger partial charge in [-0.15, -0.1) is 0 Å². The van der Waals surface area contributed by atoms with Crippen LogP contribution < -0.4 is 0 Å². The van der Waals surface area contributed by atoms with E-state index in [9.17, 15) is 19.0 Å². The number of aliphatic hydroxyl groups excluding tert-OH is 2. The maximum absolute atomic E-state index is 13.5. The first-order valence-corrected chi connectivity index (χ1v) is 21.1. The summed E-state index contributed by atoms with van der Waals surface area (Å²) in [5, 5.41) is 23.1. The van der Waals surface area contributed by atoms with Crippen molar-refractivity contribution in [1.82, 2.24) is 18.8 Å². The Morgan fingerprint density at radius 3 is 1.25 bits per heavy atom. The Bertz CT molecular complexity index is 2170. The number of imidazole rings is 2. The number of nitrogens with zero attached hydrogens (tertiary/aromatic N) is 4. The van der Waals surface area contributed by atoms with E-state index in [1.807, 2.05) is 37.2 Å². The number of halogens is 4. The second-order valence-electron chi connectivity index (χ2n) is 16.7. The molecule has 4 fully saturated rings. The average molecular weight is 798 g/mol. The number of hydrogen-bond donors (Lipinski definition) is 2. The predicted octanol–water partition coefficient (Wildman–Crippen LogP) is 12.0. The van der Waals surface area contributed by atoms with Gasteiger partial charge >= 0.3 is 0 Å². The van der Waals surface area contributed by atoms with Crippen LogP contribution in [0.5, 0.6) is 0 Å². The molecule has 2 aromatic carbocycles. The summed E-state index contributed by atoms with van der Waals surface area (Å²) in [6, 6.07) is 18.7. The van der Waals surface area contributed by atoms with E-state index in [0.717, 1.165) is 84.9 Å². The molecule has 2 atom stereocenters. The molecule has 0 bridgehead atoms. The Balaban J connectivity index is 0.000000146. The number of benzene rings is 2. The lowest BCUT2D eigenvalue weighted by Gasteiger charge is -2.33. The van der Waals surface area contributed by atoms with Crippen molar-refractivity contribution in [3.8, 4) is 0 Å². The minimum absolute atomic E-state index is 0.195. The lowest BCUT2D eigenvalue weighted by molar-refractivity contribution is 0.0753. The van der Waals surface area contributed by atoms with Crippen molar-refractivity contribution in [1.29, 1.82) is 0 Å². The van der Waals surface area contributed by atoms with E-state index < -0.39 is 12.2 Å². The van der Waals surface area contributed by atoms with Crippen LogP contribution in [-0.4, -0.2) is 29.0 Å². The Kier molecular flexibility index (Phi) is 10.7. The first-order chi connectivity index (χ1) is 27.2. The van der Waals surface area contributed by atoms with E-state index in [2.05, 4.69) is 43.0 Å². The molecular weight excluding hydrogens is 749 g/mol. The Morgan fingerprint density at radius 2 is 0.893 bits per heavy atom. The van der Waals surface area contributed by atoms with Gasteiger partial charge in [0.25, 0.3) is 0 Å². The summed E-state index contributed by atoms with van der Waals surface area (Å²) >= 11 is 11.9.